The number of carbonyl (C=O) groups is 3. The van der Waals surface area contributed by atoms with Crippen LogP contribution in [-0.2, 0) is 27.8 Å². The Morgan fingerprint density at radius 1 is 1.09 bits per heavy atom. The first-order chi connectivity index (χ1) is 16.0. The number of nitrogens with zero attached hydrogens (tertiary/aromatic N) is 2. The lowest BCUT2D eigenvalue weighted by Crippen LogP contribution is -2.41. The van der Waals surface area contributed by atoms with E-state index >= 15 is 0 Å². The van der Waals surface area contributed by atoms with Gasteiger partial charge in [0, 0.05) is 44.5 Å². The summed E-state index contributed by atoms with van der Waals surface area (Å²) in [5.41, 5.74) is 6.14. The molecule has 0 fully saturated rings. The average Bonchev–Trinajstić information content (AvgIpc) is 3.14. The van der Waals surface area contributed by atoms with Gasteiger partial charge in [0.25, 0.3) is 11.8 Å². The molecule has 3 N–H and O–H groups in total. The van der Waals surface area contributed by atoms with E-state index < -0.39 is 27.7 Å². The van der Waals surface area contributed by atoms with E-state index in [0.29, 0.717) is 23.5 Å². The molecule has 34 heavy (non-hydrogen) atoms. The molecule has 2 heterocycles. The van der Waals surface area contributed by atoms with Gasteiger partial charge in [0.05, 0.1) is 10.5 Å². The van der Waals surface area contributed by atoms with Crippen molar-refractivity contribution < 1.29 is 22.8 Å². The fourth-order valence-electron chi connectivity index (χ4n) is 3.66. The molecule has 0 bridgehead atoms. The molecule has 0 atom stereocenters. The zero-order chi connectivity index (χ0) is 25.0. The number of hydrogen-bond acceptors (Lipinski definition) is 7. The SMILES string of the molecule is CCCN1CCc2c(sc(NC(=O)c3ccc(S(=O)(=O)N(C)C)cc3)c2C(=O)NNC(C)=O)C1. The highest BCUT2D eigenvalue weighted by atomic mass is 32.2. The minimum atomic E-state index is -3.61. The van der Waals surface area contributed by atoms with Gasteiger partial charge in [-0.1, -0.05) is 6.92 Å². The van der Waals surface area contributed by atoms with E-state index in [1.165, 1.54) is 56.6 Å². The molecular weight excluding hydrogens is 478 g/mol. The lowest BCUT2D eigenvalue weighted by Gasteiger charge is -2.26. The number of sulfonamides is 1. The standard InChI is InChI=1S/C22H29N5O5S2/c1-5-11-27-12-10-17-18(13-27)33-22(19(17)21(30)25-24-14(2)28)23-20(29)15-6-8-16(9-7-15)34(31,32)26(3)4/h6-9H,5,10-13H2,1-4H3,(H,23,29)(H,24,28)(H,25,30). The summed E-state index contributed by atoms with van der Waals surface area (Å²) in [7, 11) is -0.742. The van der Waals surface area contributed by atoms with Gasteiger partial charge in [-0.15, -0.1) is 11.3 Å². The maximum absolute atomic E-state index is 13.0. The summed E-state index contributed by atoms with van der Waals surface area (Å²) >= 11 is 1.34. The van der Waals surface area contributed by atoms with Gasteiger partial charge < -0.3 is 5.32 Å². The second-order valence-corrected chi connectivity index (χ2v) is 11.4. The van der Waals surface area contributed by atoms with Crippen molar-refractivity contribution >= 4 is 44.1 Å². The van der Waals surface area contributed by atoms with Gasteiger partial charge in [-0.05, 0) is 49.2 Å². The largest absolute Gasteiger partial charge is 0.313 e. The van der Waals surface area contributed by atoms with E-state index in [2.05, 4.69) is 28.0 Å². The van der Waals surface area contributed by atoms with Crippen LogP contribution in [-0.4, -0.2) is 62.5 Å². The quantitative estimate of drug-likeness (QED) is 0.491. The summed E-state index contributed by atoms with van der Waals surface area (Å²) in [5, 5.41) is 3.20. The van der Waals surface area contributed by atoms with E-state index in [4.69, 9.17) is 0 Å². The van der Waals surface area contributed by atoms with E-state index in [1.807, 2.05) is 0 Å². The summed E-state index contributed by atoms with van der Waals surface area (Å²) in [5.74, 6) is -1.38. The van der Waals surface area contributed by atoms with Crippen molar-refractivity contribution in [1.82, 2.24) is 20.1 Å². The molecule has 1 aromatic heterocycles. The van der Waals surface area contributed by atoms with Crippen LogP contribution in [0.3, 0.4) is 0 Å². The summed E-state index contributed by atoms with van der Waals surface area (Å²) in [4.78, 5) is 40.5. The van der Waals surface area contributed by atoms with Crippen molar-refractivity contribution in [3.8, 4) is 0 Å². The summed E-state index contributed by atoms with van der Waals surface area (Å²) in [6.07, 6.45) is 1.67. The Labute approximate surface area is 203 Å². The van der Waals surface area contributed by atoms with Crippen LogP contribution >= 0.6 is 11.3 Å². The molecule has 3 amide bonds. The van der Waals surface area contributed by atoms with E-state index in [-0.39, 0.29) is 10.5 Å². The van der Waals surface area contributed by atoms with Gasteiger partial charge in [0.1, 0.15) is 5.00 Å². The number of anilines is 1. The molecular formula is C22H29N5O5S2. The predicted molar refractivity (Wildman–Crippen MR) is 130 cm³/mol. The van der Waals surface area contributed by atoms with Crippen LogP contribution in [0.25, 0.3) is 0 Å². The highest BCUT2D eigenvalue weighted by Gasteiger charge is 2.29. The summed E-state index contributed by atoms with van der Waals surface area (Å²) in [6, 6.07) is 5.60. The molecule has 1 aliphatic heterocycles. The van der Waals surface area contributed by atoms with E-state index in [1.54, 1.807) is 0 Å². The molecule has 1 aliphatic rings. The minimum Gasteiger partial charge on any atom is -0.313 e. The molecule has 0 spiro atoms. The van der Waals surface area contributed by atoms with Gasteiger partial charge in [-0.3, -0.25) is 30.1 Å². The number of hydrogen-bond donors (Lipinski definition) is 3. The van der Waals surface area contributed by atoms with Crippen LogP contribution in [0.4, 0.5) is 5.00 Å². The molecule has 0 radical (unpaired) electrons. The fraction of sp³-hybridized carbons (Fsp3) is 0.409. The Morgan fingerprint density at radius 3 is 2.35 bits per heavy atom. The topological polar surface area (TPSA) is 128 Å². The van der Waals surface area contributed by atoms with Crippen LogP contribution in [0, 0.1) is 0 Å². The van der Waals surface area contributed by atoms with Crippen molar-refractivity contribution in [2.24, 2.45) is 0 Å². The maximum Gasteiger partial charge on any atom is 0.272 e. The van der Waals surface area contributed by atoms with Crippen molar-refractivity contribution in [2.75, 3.05) is 32.5 Å². The lowest BCUT2D eigenvalue weighted by atomic mass is 10.0. The Bertz CT molecular complexity index is 1190. The van der Waals surface area contributed by atoms with Gasteiger partial charge in [-0.2, -0.15) is 0 Å². The van der Waals surface area contributed by atoms with Crippen molar-refractivity contribution in [1.29, 1.82) is 0 Å². The molecule has 1 aromatic carbocycles. The van der Waals surface area contributed by atoms with Crippen LogP contribution in [0.2, 0.25) is 0 Å². The zero-order valence-corrected chi connectivity index (χ0v) is 21.2. The third-order valence-corrected chi connectivity index (χ3v) is 8.34. The van der Waals surface area contributed by atoms with Gasteiger partial charge >= 0.3 is 0 Å². The average molecular weight is 508 g/mol. The van der Waals surface area contributed by atoms with Crippen molar-refractivity contribution in [3.05, 3.63) is 45.8 Å². The number of amides is 3. The van der Waals surface area contributed by atoms with E-state index in [9.17, 15) is 22.8 Å². The summed E-state index contributed by atoms with van der Waals surface area (Å²) in [6.45, 7) is 5.81. The van der Waals surface area contributed by atoms with Gasteiger partial charge in [0.2, 0.25) is 15.9 Å². The number of hydrazine groups is 1. The number of benzene rings is 1. The molecule has 0 aliphatic carbocycles. The molecule has 0 saturated heterocycles. The first kappa shape index (κ1) is 25.8. The van der Waals surface area contributed by atoms with Crippen molar-refractivity contribution in [3.63, 3.8) is 0 Å². The van der Waals surface area contributed by atoms with E-state index in [0.717, 1.165) is 34.3 Å². The Kier molecular flexibility index (Phi) is 8.08. The molecule has 12 heteroatoms. The molecule has 3 rings (SSSR count). The molecule has 0 saturated carbocycles. The van der Waals surface area contributed by atoms with Crippen LogP contribution < -0.4 is 16.2 Å². The smallest absolute Gasteiger partial charge is 0.272 e. The molecule has 10 nitrogen and oxygen atoms in total. The van der Waals surface area contributed by atoms with Crippen LogP contribution in [0.1, 0.15) is 51.4 Å². The Morgan fingerprint density at radius 2 is 1.76 bits per heavy atom. The zero-order valence-electron chi connectivity index (χ0n) is 19.6. The number of thiophene rings is 1. The number of carbonyl (C=O) groups excluding carboxylic acids is 3. The second-order valence-electron chi connectivity index (χ2n) is 8.14. The first-order valence-corrected chi connectivity index (χ1v) is 13.1. The third-order valence-electron chi connectivity index (χ3n) is 5.38. The molecule has 184 valence electrons. The second kappa shape index (κ2) is 10.6. The van der Waals surface area contributed by atoms with Crippen molar-refractivity contribution in [2.45, 2.75) is 38.1 Å². The highest BCUT2D eigenvalue weighted by Crippen LogP contribution is 2.37. The number of fused-ring (bicyclic) bond motifs is 1. The predicted octanol–water partition coefficient (Wildman–Crippen LogP) is 1.80. The van der Waals surface area contributed by atoms with Gasteiger partial charge in [-0.25, -0.2) is 12.7 Å². The first-order valence-electron chi connectivity index (χ1n) is 10.8. The Balaban J connectivity index is 1.88. The third kappa shape index (κ3) is 5.63. The molecule has 2 aromatic rings. The Hall–Kier alpha value is -2.80. The maximum atomic E-state index is 13.0. The van der Waals surface area contributed by atoms with Crippen LogP contribution in [0.5, 0.6) is 0 Å². The lowest BCUT2D eigenvalue weighted by molar-refractivity contribution is -0.119. The number of nitrogens with one attached hydrogen (secondary N) is 3. The fourth-order valence-corrected chi connectivity index (χ4v) is 5.85. The summed E-state index contributed by atoms with van der Waals surface area (Å²) < 4.78 is 25.6. The number of rotatable bonds is 7. The molecule has 0 unspecified atom stereocenters. The monoisotopic (exact) mass is 507 g/mol. The van der Waals surface area contributed by atoms with Gasteiger partial charge in [0.15, 0.2) is 0 Å². The van der Waals surface area contributed by atoms with Crippen LogP contribution in [0.15, 0.2) is 29.2 Å². The minimum absolute atomic E-state index is 0.0760. The highest BCUT2D eigenvalue weighted by molar-refractivity contribution is 7.89. The normalized spacial score (nSPS) is 13.9.